The fraction of sp³-hybridized carbons (Fsp3) is 0.115. The van der Waals surface area contributed by atoms with E-state index in [2.05, 4.69) is 228 Å². The standard InChI is InChI=1S/C61H46N2/c1-4-13-42(14-5-1)44-24-30-49(31-25-44)62(50-32-26-45(27-33-50)43-15-6-2-7-16-43)51-34-36-54-53-35-28-46(38-58(53)63(59(54)39-51)48-17-8-3-9-18-48)52-20-12-22-57-60(52)55-19-10-11-21-56(55)61(57)40-41-23-29-47(61)37-41/h1-22,24-28,30-36,38-39,41,47H,23,29,37,40H2. The SMILES string of the molecule is c1ccc(-c2ccc(N(c3ccc(-c4ccccc4)cc3)c3ccc4c5ccc(-c6cccc7c6-c6ccccc6C76CC7CCC6C7)cc5n(-c5ccccc5)c4c3)cc2)cc1. The summed E-state index contributed by atoms with van der Waals surface area (Å²) in [6.45, 7) is 0. The third-order valence-corrected chi connectivity index (χ3v) is 14.9. The Bertz CT molecular complexity index is 3250. The summed E-state index contributed by atoms with van der Waals surface area (Å²) in [5.41, 5.74) is 20.5. The van der Waals surface area contributed by atoms with E-state index in [0.29, 0.717) is 0 Å². The minimum atomic E-state index is 0.153. The molecule has 3 aliphatic carbocycles. The molecule has 1 aromatic heterocycles. The summed E-state index contributed by atoms with van der Waals surface area (Å²) in [6, 6.07) is 81.0. The van der Waals surface area contributed by atoms with Crippen LogP contribution >= 0.6 is 0 Å². The van der Waals surface area contributed by atoms with Crippen molar-refractivity contribution in [3.05, 3.63) is 230 Å². The fourth-order valence-corrected chi connectivity index (χ4v) is 12.2. The highest BCUT2D eigenvalue weighted by atomic mass is 15.1. The zero-order chi connectivity index (χ0) is 41.5. The molecule has 0 aliphatic heterocycles. The Labute approximate surface area is 369 Å². The first-order chi connectivity index (χ1) is 31.2. The monoisotopic (exact) mass is 806 g/mol. The molecule has 1 heterocycles. The number of fused-ring (bicyclic) bond motifs is 11. The highest BCUT2D eigenvalue weighted by Gasteiger charge is 2.57. The molecule has 9 aromatic carbocycles. The summed E-state index contributed by atoms with van der Waals surface area (Å²) in [5, 5.41) is 2.50. The van der Waals surface area contributed by atoms with Gasteiger partial charge in [0.1, 0.15) is 0 Å². The van der Waals surface area contributed by atoms with Crippen LogP contribution in [0.2, 0.25) is 0 Å². The quantitative estimate of drug-likeness (QED) is 0.156. The van der Waals surface area contributed by atoms with Crippen LogP contribution < -0.4 is 4.90 Å². The predicted octanol–water partition coefficient (Wildman–Crippen LogP) is 16.3. The highest BCUT2D eigenvalue weighted by Crippen LogP contribution is 2.66. The molecular weight excluding hydrogens is 761 g/mol. The van der Waals surface area contributed by atoms with Crippen LogP contribution in [0.25, 0.3) is 72.0 Å². The van der Waals surface area contributed by atoms with Crippen LogP contribution in [0.4, 0.5) is 17.1 Å². The summed E-state index contributed by atoms with van der Waals surface area (Å²) < 4.78 is 2.49. The third kappa shape index (κ3) is 5.64. The van der Waals surface area contributed by atoms with Gasteiger partial charge in [-0.3, -0.25) is 0 Å². The van der Waals surface area contributed by atoms with Gasteiger partial charge in [-0.1, -0.05) is 170 Å². The molecule has 10 aromatic rings. The van der Waals surface area contributed by atoms with Crippen LogP contribution in [-0.2, 0) is 5.41 Å². The summed E-state index contributed by atoms with van der Waals surface area (Å²) in [5.74, 6) is 1.58. The van der Waals surface area contributed by atoms with Gasteiger partial charge in [-0.25, -0.2) is 0 Å². The van der Waals surface area contributed by atoms with E-state index in [1.165, 1.54) is 92.0 Å². The van der Waals surface area contributed by atoms with E-state index in [-0.39, 0.29) is 5.41 Å². The molecular formula is C61H46N2. The van der Waals surface area contributed by atoms with Crippen LogP contribution in [0.1, 0.15) is 36.8 Å². The van der Waals surface area contributed by atoms with Crippen molar-refractivity contribution in [2.75, 3.05) is 4.90 Å². The third-order valence-electron chi connectivity index (χ3n) is 14.9. The topological polar surface area (TPSA) is 8.17 Å². The van der Waals surface area contributed by atoms with Gasteiger partial charge in [0, 0.05) is 38.9 Å². The first-order valence-electron chi connectivity index (χ1n) is 22.7. The molecule has 2 saturated carbocycles. The summed E-state index contributed by atoms with van der Waals surface area (Å²) in [6.07, 6.45) is 5.41. The number of nitrogens with zero attached hydrogens (tertiary/aromatic N) is 2. The Morgan fingerprint density at radius 1 is 0.413 bits per heavy atom. The van der Waals surface area contributed by atoms with E-state index < -0.39 is 0 Å². The van der Waals surface area contributed by atoms with Gasteiger partial charge < -0.3 is 9.47 Å². The summed E-state index contributed by atoms with van der Waals surface area (Å²) in [4.78, 5) is 2.40. The lowest BCUT2D eigenvalue weighted by Gasteiger charge is -2.36. The maximum absolute atomic E-state index is 2.49. The first-order valence-corrected chi connectivity index (χ1v) is 22.7. The van der Waals surface area contributed by atoms with Crippen molar-refractivity contribution >= 4 is 38.9 Å². The number of hydrogen-bond acceptors (Lipinski definition) is 1. The van der Waals surface area contributed by atoms with Crippen LogP contribution in [0, 0.1) is 11.8 Å². The minimum absolute atomic E-state index is 0.153. The molecule has 0 N–H and O–H groups in total. The van der Waals surface area contributed by atoms with Crippen molar-refractivity contribution in [2.24, 2.45) is 11.8 Å². The molecule has 2 nitrogen and oxygen atoms in total. The van der Waals surface area contributed by atoms with Crippen molar-refractivity contribution in [3.8, 4) is 50.2 Å². The number of benzene rings is 9. The number of para-hydroxylation sites is 1. The lowest BCUT2D eigenvalue weighted by molar-refractivity contribution is 0.327. The van der Waals surface area contributed by atoms with Gasteiger partial charge in [0.05, 0.1) is 11.0 Å². The van der Waals surface area contributed by atoms with Crippen molar-refractivity contribution in [3.63, 3.8) is 0 Å². The molecule has 1 spiro atoms. The fourth-order valence-electron chi connectivity index (χ4n) is 12.2. The van der Waals surface area contributed by atoms with Crippen LogP contribution in [0.3, 0.4) is 0 Å². The van der Waals surface area contributed by atoms with Crippen molar-refractivity contribution in [1.82, 2.24) is 4.57 Å². The van der Waals surface area contributed by atoms with Gasteiger partial charge in [0.25, 0.3) is 0 Å². The molecule has 2 fully saturated rings. The summed E-state index contributed by atoms with van der Waals surface area (Å²) in [7, 11) is 0. The molecule has 0 radical (unpaired) electrons. The van der Waals surface area contributed by atoms with E-state index >= 15 is 0 Å². The normalized spacial score (nSPS) is 18.3. The van der Waals surface area contributed by atoms with Gasteiger partial charge in [-0.2, -0.15) is 0 Å². The van der Waals surface area contributed by atoms with Gasteiger partial charge in [-0.05, 0) is 141 Å². The van der Waals surface area contributed by atoms with Gasteiger partial charge in [-0.15, -0.1) is 0 Å². The largest absolute Gasteiger partial charge is 0.310 e. The van der Waals surface area contributed by atoms with E-state index in [9.17, 15) is 0 Å². The van der Waals surface area contributed by atoms with Gasteiger partial charge >= 0.3 is 0 Å². The highest BCUT2D eigenvalue weighted by molar-refractivity contribution is 6.12. The summed E-state index contributed by atoms with van der Waals surface area (Å²) >= 11 is 0. The number of rotatable bonds is 7. The smallest absolute Gasteiger partial charge is 0.0561 e. The number of hydrogen-bond donors (Lipinski definition) is 0. The van der Waals surface area contributed by atoms with Crippen molar-refractivity contribution < 1.29 is 0 Å². The Balaban J connectivity index is 0.986. The molecule has 3 unspecified atom stereocenters. The second kappa shape index (κ2) is 14.3. The minimum Gasteiger partial charge on any atom is -0.310 e. The molecule has 63 heavy (non-hydrogen) atoms. The Hall–Kier alpha value is -7.42. The zero-order valence-electron chi connectivity index (χ0n) is 35.2. The Kier molecular flexibility index (Phi) is 8.24. The second-order valence-corrected chi connectivity index (χ2v) is 18.1. The molecule has 0 amide bonds. The van der Waals surface area contributed by atoms with Crippen LogP contribution in [0.15, 0.2) is 218 Å². The molecule has 3 aliphatic rings. The van der Waals surface area contributed by atoms with Crippen molar-refractivity contribution in [2.45, 2.75) is 31.1 Å². The van der Waals surface area contributed by atoms with E-state index in [1.54, 1.807) is 11.1 Å². The number of anilines is 3. The molecule has 2 bridgehead atoms. The van der Waals surface area contributed by atoms with E-state index in [1.807, 2.05) is 0 Å². The zero-order valence-corrected chi connectivity index (χ0v) is 35.2. The predicted molar refractivity (Wildman–Crippen MR) is 263 cm³/mol. The van der Waals surface area contributed by atoms with Gasteiger partial charge in [0.2, 0.25) is 0 Å². The molecule has 13 rings (SSSR count). The maximum atomic E-state index is 2.49. The van der Waals surface area contributed by atoms with Crippen molar-refractivity contribution in [1.29, 1.82) is 0 Å². The first kappa shape index (κ1) is 36.3. The second-order valence-electron chi connectivity index (χ2n) is 18.1. The molecule has 300 valence electrons. The Morgan fingerprint density at radius 2 is 0.937 bits per heavy atom. The lowest BCUT2D eigenvalue weighted by Crippen LogP contribution is -2.31. The van der Waals surface area contributed by atoms with Crippen LogP contribution in [0.5, 0.6) is 0 Å². The molecule has 3 atom stereocenters. The average Bonchev–Trinajstić information content (AvgIpc) is 4.13. The molecule has 0 saturated heterocycles. The van der Waals surface area contributed by atoms with E-state index in [0.717, 1.165) is 34.6 Å². The lowest BCUT2D eigenvalue weighted by atomic mass is 9.66. The molecule has 2 heteroatoms. The average molecular weight is 807 g/mol. The Morgan fingerprint density at radius 3 is 1.57 bits per heavy atom. The number of aromatic nitrogens is 1. The van der Waals surface area contributed by atoms with E-state index in [4.69, 9.17) is 0 Å². The maximum Gasteiger partial charge on any atom is 0.0561 e. The van der Waals surface area contributed by atoms with Crippen LogP contribution in [-0.4, -0.2) is 4.57 Å². The van der Waals surface area contributed by atoms with Gasteiger partial charge in [0.15, 0.2) is 0 Å².